The summed E-state index contributed by atoms with van der Waals surface area (Å²) in [6.45, 7) is 6.44. The number of primary amides is 1. The Morgan fingerprint density at radius 3 is 2.21 bits per heavy atom. The van der Waals surface area contributed by atoms with Gasteiger partial charge in [-0.3, -0.25) is 4.79 Å². The van der Waals surface area contributed by atoms with Crippen molar-refractivity contribution < 1.29 is 4.79 Å². The number of nitrogen functional groups attached to an aromatic ring is 1. The Morgan fingerprint density at radius 2 is 1.79 bits per heavy atom. The third-order valence-corrected chi connectivity index (χ3v) is 3.05. The minimum absolute atomic E-state index is 0.0899. The van der Waals surface area contributed by atoms with Crippen LogP contribution in [0.25, 0.3) is 5.69 Å². The standard InChI is InChI=1S/C14H18N4O/c1-14(2,3)9-4-6-10(7-5-9)18-12(15)11(8-17-18)13(16)19/h4-8H,15H2,1-3H3,(H2,16,19). The van der Waals surface area contributed by atoms with Gasteiger partial charge < -0.3 is 11.5 Å². The third-order valence-electron chi connectivity index (χ3n) is 3.05. The summed E-state index contributed by atoms with van der Waals surface area (Å²) < 4.78 is 1.51. The number of hydrogen-bond acceptors (Lipinski definition) is 3. The highest BCUT2D eigenvalue weighted by molar-refractivity contribution is 5.97. The molecule has 0 unspecified atom stereocenters. The van der Waals surface area contributed by atoms with E-state index in [1.807, 2.05) is 24.3 Å². The molecule has 5 heteroatoms. The molecule has 5 nitrogen and oxygen atoms in total. The monoisotopic (exact) mass is 258 g/mol. The van der Waals surface area contributed by atoms with Crippen LogP contribution < -0.4 is 11.5 Å². The van der Waals surface area contributed by atoms with Gasteiger partial charge in [-0.25, -0.2) is 4.68 Å². The number of hydrogen-bond donors (Lipinski definition) is 2. The van der Waals surface area contributed by atoms with Crippen LogP contribution in [0, 0.1) is 0 Å². The molecule has 4 N–H and O–H groups in total. The fourth-order valence-electron chi connectivity index (χ4n) is 1.86. The molecule has 1 heterocycles. The summed E-state index contributed by atoms with van der Waals surface area (Å²) in [5.74, 6) is -0.314. The van der Waals surface area contributed by atoms with E-state index >= 15 is 0 Å². The smallest absolute Gasteiger partial charge is 0.254 e. The second-order valence-corrected chi connectivity index (χ2v) is 5.52. The molecule has 0 fully saturated rings. The van der Waals surface area contributed by atoms with Crippen molar-refractivity contribution in [2.75, 3.05) is 5.73 Å². The minimum atomic E-state index is -0.574. The molecule has 2 aromatic rings. The lowest BCUT2D eigenvalue weighted by atomic mass is 9.87. The Hall–Kier alpha value is -2.30. The van der Waals surface area contributed by atoms with E-state index in [4.69, 9.17) is 11.5 Å². The van der Waals surface area contributed by atoms with Gasteiger partial charge in [-0.15, -0.1) is 0 Å². The van der Waals surface area contributed by atoms with Crippen LogP contribution in [-0.4, -0.2) is 15.7 Å². The van der Waals surface area contributed by atoms with Crippen molar-refractivity contribution in [2.24, 2.45) is 5.73 Å². The average molecular weight is 258 g/mol. The first-order valence-electron chi connectivity index (χ1n) is 6.05. The Bertz CT molecular complexity index is 605. The van der Waals surface area contributed by atoms with Gasteiger partial charge in [0.2, 0.25) is 0 Å². The summed E-state index contributed by atoms with van der Waals surface area (Å²) in [6.07, 6.45) is 1.38. The first-order valence-corrected chi connectivity index (χ1v) is 6.05. The summed E-state index contributed by atoms with van der Waals surface area (Å²) in [5, 5.41) is 4.09. The zero-order valence-corrected chi connectivity index (χ0v) is 11.3. The molecule has 0 aliphatic heterocycles. The number of aromatic nitrogens is 2. The van der Waals surface area contributed by atoms with E-state index in [1.165, 1.54) is 16.4 Å². The first-order chi connectivity index (χ1) is 8.80. The number of benzene rings is 1. The van der Waals surface area contributed by atoms with Gasteiger partial charge in [0.05, 0.1) is 11.9 Å². The molecular formula is C14H18N4O. The lowest BCUT2D eigenvalue weighted by molar-refractivity contribution is 0.100. The maximum absolute atomic E-state index is 11.1. The number of amides is 1. The topological polar surface area (TPSA) is 86.9 Å². The van der Waals surface area contributed by atoms with Crippen LogP contribution in [0.2, 0.25) is 0 Å². The number of nitrogens with two attached hydrogens (primary N) is 2. The molecule has 19 heavy (non-hydrogen) atoms. The van der Waals surface area contributed by atoms with Crippen molar-refractivity contribution in [1.29, 1.82) is 0 Å². The molecule has 0 saturated carbocycles. The normalized spacial score (nSPS) is 11.5. The quantitative estimate of drug-likeness (QED) is 0.861. The second-order valence-electron chi connectivity index (χ2n) is 5.52. The predicted octanol–water partition coefficient (Wildman–Crippen LogP) is 1.85. The highest BCUT2D eigenvalue weighted by Gasteiger charge is 2.15. The van der Waals surface area contributed by atoms with E-state index < -0.39 is 5.91 Å². The molecule has 0 radical (unpaired) electrons. The van der Waals surface area contributed by atoms with Crippen molar-refractivity contribution in [3.8, 4) is 5.69 Å². The van der Waals surface area contributed by atoms with Gasteiger partial charge in [0.25, 0.3) is 5.91 Å². The lowest BCUT2D eigenvalue weighted by Gasteiger charge is -2.19. The van der Waals surface area contributed by atoms with E-state index in [9.17, 15) is 4.79 Å². The summed E-state index contributed by atoms with van der Waals surface area (Å²) >= 11 is 0. The molecule has 0 aliphatic rings. The van der Waals surface area contributed by atoms with E-state index in [1.54, 1.807) is 0 Å². The van der Waals surface area contributed by atoms with E-state index in [0.29, 0.717) is 0 Å². The van der Waals surface area contributed by atoms with Crippen molar-refractivity contribution in [1.82, 2.24) is 9.78 Å². The molecular weight excluding hydrogens is 240 g/mol. The third kappa shape index (κ3) is 2.45. The largest absolute Gasteiger partial charge is 0.383 e. The molecule has 0 spiro atoms. The summed E-state index contributed by atoms with van der Waals surface area (Å²) in [6, 6.07) is 7.91. The van der Waals surface area contributed by atoms with Crippen LogP contribution in [0.1, 0.15) is 36.7 Å². The van der Waals surface area contributed by atoms with E-state index in [0.717, 1.165) is 5.69 Å². The molecule has 1 aromatic carbocycles. The Kier molecular flexibility index (Phi) is 3.06. The average Bonchev–Trinajstić information content (AvgIpc) is 2.70. The van der Waals surface area contributed by atoms with Gasteiger partial charge in [-0.2, -0.15) is 5.10 Å². The highest BCUT2D eigenvalue weighted by Crippen LogP contribution is 2.24. The summed E-state index contributed by atoms with van der Waals surface area (Å²) in [4.78, 5) is 11.1. The molecule has 1 amide bonds. The lowest BCUT2D eigenvalue weighted by Crippen LogP contribution is -2.13. The Labute approximate surface area is 112 Å². The molecule has 1 aromatic heterocycles. The molecule has 0 aliphatic carbocycles. The van der Waals surface area contributed by atoms with Crippen molar-refractivity contribution in [3.63, 3.8) is 0 Å². The fourth-order valence-corrected chi connectivity index (χ4v) is 1.86. The zero-order valence-electron chi connectivity index (χ0n) is 11.3. The van der Waals surface area contributed by atoms with Crippen LogP contribution in [0.3, 0.4) is 0 Å². The van der Waals surface area contributed by atoms with Gasteiger partial charge in [0.15, 0.2) is 0 Å². The molecule has 2 rings (SSSR count). The van der Waals surface area contributed by atoms with Gasteiger partial charge >= 0.3 is 0 Å². The van der Waals surface area contributed by atoms with E-state index in [-0.39, 0.29) is 16.8 Å². The van der Waals surface area contributed by atoms with Crippen LogP contribution in [0.15, 0.2) is 30.5 Å². The predicted molar refractivity (Wildman–Crippen MR) is 75.2 cm³/mol. The van der Waals surface area contributed by atoms with Crippen molar-refractivity contribution in [2.45, 2.75) is 26.2 Å². The highest BCUT2D eigenvalue weighted by atomic mass is 16.1. The first kappa shape index (κ1) is 13.1. The van der Waals surface area contributed by atoms with Crippen LogP contribution >= 0.6 is 0 Å². The number of carbonyl (C=O) groups excluding carboxylic acids is 1. The minimum Gasteiger partial charge on any atom is -0.383 e. The van der Waals surface area contributed by atoms with Gasteiger partial charge in [-0.1, -0.05) is 32.9 Å². The van der Waals surface area contributed by atoms with Crippen molar-refractivity contribution >= 4 is 11.7 Å². The van der Waals surface area contributed by atoms with Gasteiger partial charge in [0, 0.05) is 0 Å². The van der Waals surface area contributed by atoms with Gasteiger partial charge in [-0.05, 0) is 23.1 Å². The number of nitrogens with zero attached hydrogens (tertiary/aromatic N) is 2. The van der Waals surface area contributed by atoms with Crippen molar-refractivity contribution in [3.05, 3.63) is 41.6 Å². The molecule has 100 valence electrons. The van der Waals surface area contributed by atoms with Crippen LogP contribution in [-0.2, 0) is 5.41 Å². The van der Waals surface area contributed by atoms with Crippen LogP contribution in [0.5, 0.6) is 0 Å². The Balaban J connectivity index is 2.41. The van der Waals surface area contributed by atoms with Crippen LogP contribution in [0.4, 0.5) is 5.82 Å². The molecule has 0 saturated heterocycles. The van der Waals surface area contributed by atoms with Gasteiger partial charge in [0.1, 0.15) is 11.4 Å². The second kappa shape index (κ2) is 4.42. The zero-order chi connectivity index (χ0) is 14.2. The maximum Gasteiger partial charge on any atom is 0.254 e. The maximum atomic E-state index is 11.1. The number of carbonyl (C=O) groups is 1. The Morgan fingerprint density at radius 1 is 1.21 bits per heavy atom. The summed E-state index contributed by atoms with van der Waals surface area (Å²) in [7, 11) is 0. The van der Waals surface area contributed by atoms with E-state index in [2.05, 4.69) is 25.9 Å². The SMILES string of the molecule is CC(C)(C)c1ccc(-n2ncc(C(N)=O)c2N)cc1. The number of rotatable bonds is 2. The number of anilines is 1. The fraction of sp³-hybridized carbons (Fsp3) is 0.286. The molecule has 0 bridgehead atoms. The summed E-state index contributed by atoms with van der Waals surface area (Å²) in [5.41, 5.74) is 13.4. The molecule has 0 atom stereocenters.